The van der Waals surface area contributed by atoms with Crippen LogP contribution in [-0.2, 0) is 41.7 Å². The predicted octanol–water partition coefficient (Wildman–Crippen LogP) is 3.24. The van der Waals surface area contributed by atoms with Crippen molar-refractivity contribution in [3.05, 3.63) is 71.8 Å². The van der Waals surface area contributed by atoms with Crippen molar-refractivity contribution in [1.29, 1.82) is 0 Å². The third-order valence-corrected chi connectivity index (χ3v) is 5.28. The third-order valence-electron chi connectivity index (χ3n) is 5.28. The Hall–Kier alpha value is -2.25. The second kappa shape index (κ2) is 9.05. The highest BCUT2D eigenvalue weighted by molar-refractivity contribution is 5.66. The van der Waals surface area contributed by atoms with Gasteiger partial charge in [0, 0.05) is 13.3 Å². The zero-order valence-corrected chi connectivity index (χ0v) is 16.5. The second-order valence-electron chi connectivity index (χ2n) is 7.44. The first-order valence-electron chi connectivity index (χ1n) is 9.90. The van der Waals surface area contributed by atoms with Gasteiger partial charge in [-0.05, 0) is 11.1 Å². The molecule has 2 aromatic carbocycles. The second-order valence-corrected chi connectivity index (χ2v) is 7.44. The SMILES string of the molecule is CC(=O)O[C@@H]1O[C@@]2(COCc3ccccc3)CCO[C@@H]1[C@@H]2OCc1ccccc1. The van der Waals surface area contributed by atoms with Gasteiger partial charge in [0.05, 0.1) is 26.4 Å². The summed E-state index contributed by atoms with van der Waals surface area (Å²) in [4.78, 5) is 11.5. The Kier molecular flexibility index (Phi) is 6.25. The normalized spacial score (nSPS) is 28.2. The van der Waals surface area contributed by atoms with E-state index in [0.29, 0.717) is 32.8 Å². The summed E-state index contributed by atoms with van der Waals surface area (Å²) in [5.41, 5.74) is 1.43. The summed E-state index contributed by atoms with van der Waals surface area (Å²) in [5, 5.41) is 0. The van der Waals surface area contributed by atoms with Crippen molar-refractivity contribution in [2.24, 2.45) is 0 Å². The minimum atomic E-state index is -0.795. The van der Waals surface area contributed by atoms with Crippen molar-refractivity contribution in [3.8, 4) is 0 Å². The van der Waals surface area contributed by atoms with E-state index in [1.165, 1.54) is 6.92 Å². The van der Waals surface area contributed by atoms with Gasteiger partial charge in [0.1, 0.15) is 17.8 Å². The topological polar surface area (TPSA) is 63.2 Å². The molecule has 4 atom stereocenters. The minimum absolute atomic E-state index is 0.332. The van der Waals surface area contributed by atoms with E-state index in [1.807, 2.05) is 60.7 Å². The molecule has 0 spiro atoms. The van der Waals surface area contributed by atoms with Crippen molar-refractivity contribution < 1.29 is 28.5 Å². The molecule has 2 fully saturated rings. The van der Waals surface area contributed by atoms with Crippen molar-refractivity contribution in [3.63, 3.8) is 0 Å². The van der Waals surface area contributed by atoms with Crippen LogP contribution in [0.4, 0.5) is 0 Å². The Morgan fingerprint density at radius 3 is 2.34 bits per heavy atom. The maximum Gasteiger partial charge on any atom is 0.305 e. The van der Waals surface area contributed by atoms with E-state index in [-0.39, 0.29) is 0 Å². The van der Waals surface area contributed by atoms with Crippen molar-refractivity contribution in [1.82, 2.24) is 0 Å². The molecule has 6 nitrogen and oxygen atoms in total. The van der Waals surface area contributed by atoms with Crippen LogP contribution >= 0.6 is 0 Å². The fourth-order valence-electron chi connectivity index (χ4n) is 3.91. The average Bonchev–Trinajstić information content (AvgIpc) is 2.88. The average molecular weight is 398 g/mol. The van der Waals surface area contributed by atoms with Gasteiger partial charge >= 0.3 is 5.97 Å². The van der Waals surface area contributed by atoms with Crippen LogP contribution in [0.2, 0.25) is 0 Å². The van der Waals surface area contributed by atoms with Crippen molar-refractivity contribution >= 4 is 5.97 Å². The molecular formula is C23H26O6. The highest BCUT2D eigenvalue weighted by Gasteiger charge is 2.60. The molecule has 2 aromatic rings. The fourth-order valence-corrected chi connectivity index (χ4v) is 3.91. The molecule has 2 bridgehead atoms. The molecule has 0 radical (unpaired) electrons. The van der Waals surface area contributed by atoms with Gasteiger partial charge in [-0.1, -0.05) is 60.7 Å². The van der Waals surface area contributed by atoms with Gasteiger partial charge < -0.3 is 23.7 Å². The lowest BCUT2D eigenvalue weighted by Gasteiger charge is -2.38. The van der Waals surface area contributed by atoms with Crippen LogP contribution in [0.1, 0.15) is 24.5 Å². The van der Waals surface area contributed by atoms with Gasteiger partial charge in [-0.2, -0.15) is 0 Å². The molecule has 6 heteroatoms. The molecule has 0 unspecified atom stereocenters. The van der Waals surface area contributed by atoms with Crippen LogP contribution < -0.4 is 0 Å². The summed E-state index contributed by atoms with van der Waals surface area (Å²) in [6.45, 7) is 3.09. The van der Waals surface area contributed by atoms with Gasteiger partial charge in [-0.3, -0.25) is 4.79 Å². The number of rotatable bonds is 8. The third kappa shape index (κ3) is 4.67. The summed E-state index contributed by atoms with van der Waals surface area (Å²) in [6.07, 6.45) is -1.06. The van der Waals surface area contributed by atoms with Gasteiger partial charge in [-0.15, -0.1) is 0 Å². The number of esters is 1. The molecule has 0 amide bonds. The number of hydrogen-bond donors (Lipinski definition) is 0. The molecule has 154 valence electrons. The van der Waals surface area contributed by atoms with E-state index in [0.717, 1.165) is 11.1 Å². The zero-order chi connectivity index (χ0) is 20.1. The summed E-state index contributed by atoms with van der Waals surface area (Å²) in [6, 6.07) is 19.9. The van der Waals surface area contributed by atoms with Crippen LogP contribution in [0, 0.1) is 0 Å². The lowest BCUT2D eigenvalue weighted by atomic mass is 9.90. The van der Waals surface area contributed by atoms with Gasteiger partial charge in [0.15, 0.2) is 0 Å². The van der Waals surface area contributed by atoms with Crippen LogP contribution in [0.5, 0.6) is 0 Å². The highest BCUT2D eigenvalue weighted by Crippen LogP contribution is 2.42. The predicted molar refractivity (Wildman–Crippen MR) is 105 cm³/mol. The monoisotopic (exact) mass is 398 g/mol. The molecule has 2 saturated heterocycles. The largest absolute Gasteiger partial charge is 0.433 e. The van der Waals surface area contributed by atoms with E-state index < -0.39 is 30.1 Å². The number of fused-ring (bicyclic) bond motifs is 2. The number of hydrogen-bond acceptors (Lipinski definition) is 6. The van der Waals surface area contributed by atoms with Gasteiger partial charge in [0.25, 0.3) is 0 Å². The summed E-state index contributed by atoms with van der Waals surface area (Å²) in [7, 11) is 0. The van der Waals surface area contributed by atoms with Crippen molar-refractivity contribution in [2.45, 2.75) is 50.7 Å². The Balaban J connectivity index is 1.47. The van der Waals surface area contributed by atoms with E-state index in [9.17, 15) is 4.79 Å². The first-order valence-corrected chi connectivity index (χ1v) is 9.90. The van der Waals surface area contributed by atoms with Gasteiger partial charge in [0.2, 0.25) is 6.29 Å². The summed E-state index contributed by atoms with van der Waals surface area (Å²) in [5.74, 6) is -0.409. The lowest BCUT2D eigenvalue weighted by molar-refractivity contribution is -0.203. The Bertz CT molecular complexity index is 796. The molecule has 2 heterocycles. The quantitative estimate of drug-likeness (QED) is 0.636. The summed E-state index contributed by atoms with van der Waals surface area (Å²) < 4.78 is 29.7. The Morgan fingerprint density at radius 1 is 1.03 bits per heavy atom. The van der Waals surface area contributed by atoms with Crippen LogP contribution in [0.3, 0.4) is 0 Å². The lowest BCUT2D eigenvalue weighted by Crippen LogP contribution is -2.53. The minimum Gasteiger partial charge on any atom is -0.433 e. The van der Waals surface area contributed by atoms with Crippen molar-refractivity contribution in [2.75, 3.05) is 13.2 Å². The first kappa shape index (κ1) is 20.0. The Labute approximate surface area is 170 Å². The maximum atomic E-state index is 11.5. The smallest absolute Gasteiger partial charge is 0.305 e. The van der Waals surface area contributed by atoms with E-state index in [1.54, 1.807) is 0 Å². The molecule has 4 rings (SSSR count). The molecule has 0 aromatic heterocycles. The number of carbonyl (C=O) groups is 1. The molecule has 2 aliphatic heterocycles. The highest BCUT2D eigenvalue weighted by atomic mass is 16.8. The van der Waals surface area contributed by atoms with E-state index in [4.69, 9.17) is 23.7 Å². The number of benzene rings is 2. The molecular weight excluding hydrogens is 372 g/mol. The standard InChI is InChI=1S/C23H26O6/c1-17(24)28-22-20-21(27-15-19-10-6-3-7-11-19)23(29-22,12-13-26-20)16-25-14-18-8-4-2-5-9-18/h2-11,20-22H,12-16H2,1H3/t20-,21+,22-,23-/m1/s1. The Morgan fingerprint density at radius 2 is 1.69 bits per heavy atom. The van der Waals surface area contributed by atoms with Crippen LogP contribution in [0.25, 0.3) is 0 Å². The molecule has 0 N–H and O–H groups in total. The molecule has 0 saturated carbocycles. The van der Waals surface area contributed by atoms with Crippen LogP contribution in [-0.4, -0.2) is 43.3 Å². The first-order chi connectivity index (χ1) is 14.2. The maximum absolute atomic E-state index is 11.5. The van der Waals surface area contributed by atoms with E-state index in [2.05, 4.69) is 0 Å². The zero-order valence-electron chi connectivity index (χ0n) is 16.5. The molecule has 0 aliphatic carbocycles. The molecule has 2 aliphatic rings. The summed E-state index contributed by atoms with van der Waals surface area (Å²) >= 11 is 0. The van der Waals surface area contributed by atoms with Gasteiger partial charge in [-0.25, -0.2) is 0 Å². The number of ether oxygens (including phenoxy) is 5. The molecule has 29 heavy (non-hydrogen) atoms. The number of carbonyl (C=O) groups excluding carboxylic acids is 1. The fraction of sp³-hybridized carbons (Fsp3) is 0.435. The van der Waals surface area contributed by atoms with E-state index >= 15 is 0 Å². The van der Waals surface area contributed by atoms with Crippen LogP contribution in [0.15, 0.2) is 60.7 Å².